The summed E-state index contributed by atoms with van der Waals surface area (Å²) < 4.78 is 5.19. The number of fused-ring (bicyclic) bond motifs is 1. The van der Waals surface area contributed by atoms with Gasteiger partial charge in [0.25, 0.3) is 0 Å². The van der Waals surface area contributed by atoms with Crippen molar-refractivity contribution in [2.24, 2.45) is 0 Å². The first kappa shape index (κ1) is 13.1. The molecule has 0 spiro atoms. The fraction of sp³-hybridized carbons (Fsp3) is 0.200. The van der Waals surface area contributed by atoms with Crippen molar-refractivity contribution in [3.63, 3.8) is 0 Å². The van der Waals surface area contributed by atoms with E-state index in [1.807, 2.05) is 24.3 Å². The van der Waals surface area contributed by atoms with Crippen molar-refractivity contribution in [2.75, 3.05) is 13.1 Å². The van der Waals surface area contributed by atoms with Crippen LogP contribution in [-0.2, 0) is 11.2 Å². The number of benzene rings is 1. The first-order valence-corrected chi connectivity index (χ1v) is 6.09. The van der Waals surface area contributed by atoms with Crippen LogP contribution in [0.25, 0.3) is 11.0 Å². The van der Waals surface area contributed by atoms with Gasteiger partial charge in [0.1, 0.15) is 5.69 Å². The number of nitrogens with zero attached hydrogens (tertiary/aromatic N) is 2. The van der Waals surface area contributed by atoms with Crippen molar-refractivity contribution in [2.45, 2.75) is 6.42 Å². The standard InChI is InChI=1S/C15H16N2O2/c1-3-9-17(10-4-2)15(18)11-13-12-7-5-6-8-14(12)19-16-13/h3-8H,1-2,9-11H2. The van der Waals surface area contributed by atoms with Crippen LogP contribution in [0.4, 0.5) is 0 Å². The van der Waals surface area contributed by atoms with Gasteiger partial charge in [-0.25, -0.2) is 0 Å². The van der Waals surface area contributed by atoms with Gasteiger partial charge in [-0.15, -0.1) is 13.2 Å². The molecular formula is C15H16N2O2. The summed E-state index contributed by atoms with van der Waals surface area (Å²) in [6, 6.07) is 7.51. The maximum Gasteiger partial charge on any atom is 0.229 e. The van der Waals surface area contributed by atoms with Gasteiger partial charge in [0, 0.05) is 18.5 Å². The lowest BCUT2D eigenvalue weighted by Crippen LogP contribution is -2.32. The average Bonchev–Trinajstić information content (AvgIpc) is 2.82. The Kier molecular flexibility index (Phi) is 4.13. The summed E-state index contributed by atoms with van der Waals surface area (Å²) in [5.41, 5.74) is 1.36. The predicted molar refractivity (Wildman–Crippen MR) is 74.7 cm³/mol. The molecule has 0 saturated carbocycles. The highest BCUT2D eigenvalue weighted by molar-refractivity contribution is 5.86. The molecule has 0 saturated heterocycles. The number of para-hydroxylation sites is 1. The van der Waals surface area contributed by atoms with Crippen molar-refractivity contribution in [3.8, 4) is 0 Å². The van der Waals surface area contributed by atoms with E-state index in [1.54, 1.807) is 17.1 Å². The molecule has 0 fully saturated rings. The maximum atomic E-state index is 12.2. The first-order chi connectivity index (χ1) is 9.26. The van der Waals surface area contributed by atoms with E-state index in [2.05, 4.69) is 18.3 Å². The lowest BCUT2D eigenvalue weighted by atomic mass is 10.1. The second-order valence-electron chi connectivity index (χ2n) is 4.18. The monoisotopic (exact) mass is 256 g/mol. The Balaban J connectivity index is 2.17. The van der Waals surface area contributed by atoms with Crippen LogP contribution in [0.3, 0.4) is 0 Å². The Hall–Kier alpha value is -2.36. The Bertz CT molecular complexity index is 591. The number of hydrogen-bond acceptors (Lipinski definition) is 3. The normalized spacial score (nSPS) is 10.3. The molecule has 0 aliphatic heterocycles. The van der Waals surface area contributed by atoms with Gasteiger partial charge in [-0.3, -0.25) is 4.79 Å². The fourth-order valence-electron chi connectivity index (χ4n) is 1.91. The van der Waals surface area contributed by atoms with E-state index in [9.17, 15) is 4.79 Å². The highest BCUT2D eigenvalue weighted by atomic mass is 16.5. The van der Waals surface area contributed by atoms with Gasteiger partial charge >= 0.3 is 0 Å². The molecule has 0 radical (unpaired) electrons. The predicted octanol–water partition coefficient (Wildman–Crippen LogP) is 2.57. The molecule has 0 bridgehead atoms. The SMILES string of the molecule is C=CCN(CC=C)C(=O)Cc1noc2ccccc12. The molecular weight excluding hydrogens is 240 g/mol. The minimum absolute atomic E-state index is 0.0150. The van der Waals surface area contributed by atoms with Gasteiger partial charge < -0.3 is 9.42 Å². The minimum atomic E-state index is -0.0150. The van der Waals surface area contributed by atoms with Crippen LogP contribution in [0, 0.1) is 0 Å². The smallest absolute Gasteiger partial charge is 0.229 e. The van der Waals surface area contributed by atoms with Crippen LogP contribution >= 0.6 is 0 Å². The molecule has 4 nitrogen and oxygen atoms in total. The number of rotatable bonds is 6. The highest BCUT2D eigenvalue weighted by Crippen LogP contribution is 2.18. The molecule has 0 atom stereocenters. The summed E-state index contributed by atoms with van der Waals surface area (Å²) in [6.45, 7) is 8.30. The summed E-state index contributed by atoms with van der Waals surface area (Å²) in [7, 11) is 0. The van der Waals surface area contributed by atoms with Gasteiger partial charge in [-0.2, -0.15) is 0 Å². The summed E-state index contributed by atoms with van der Waals surface area (Å²) in [4.78, 5) is 13.9. The lowest BCUT2D eigenvalue weighted by molar-refractivity contribution is -0.129. The molecule has 0 N–H and O–H groups in total. The van der Waals surface area contributed by atoms with Gasteiger partial charge in [0.2, 0.25) is 5.91 Å². The van der Waals surface area contributed by atoms with Crippen LogP contribution in [0.1, 0.15) is 5.69 Å². The Morgan fingerprint density at radius 3 is 2.63 bits per heavy atom. The van der Waals surface area contributed by atoms with Crippen LogP contribution in [0.2, 0.25) is 0 Å². The zero-order valence-corrected chi connectivity index (χ0v) is 10.7. The van der Waals surface area contributed by atoms with Crippen molar-refractivity contribution in [1.29, 1.82) is 0 Å². The Labute approximate surface area is 112 Å². The molecule has 19 heavy (non-hydrogen) atoms. The average molecular weight is 256 g/mol. The van der Waals surface area contributed by atoms with Crippen LogP contribution < -0.4 is 0 Å². The first-order valence-electron chi connectivity index (χ1n) is 6.09. The number of carbonyl (C=O) groups is 1. The molecule has 1 aromatic carbocycles. The topological polar surface area (TPSA) is 46.3 Å². The maximum absolute atomic E-state index is 12.2. The Morgan fingerprint density at radius 2 is 1.95 bits per heavy atom. The number of carbonyl (C=O) groups excluding carboxylic acids is 1. The number of amides is 1. The number of hydrogen-bond donors (Lipinski definition) is 0. The van der Waals surface area contributed by atoms with E-state index >= 15 is 0 Å². The molecule has 1 aromatic heterocycles. The zero-order chi connectivity index (χ0) is 13.7. The van der Waals surface area contributed by atoms with Crippen molar-refractivity contribution in [3.05, 3.63) is 55.3 Å². The van der Waals surface area contributed by atoms with E-state index in [1.165, 1.54) is 0 Å². The third kappa shape index (κ3) is 2.91. The fourth-order valence-corrected chi connectivity index (χ4v) is 1.91. The molecule has 2 rings (SSSR count). The summed E-state index contributed by atoms with van der Waals surface area (Å²) in [5.74, 6) is -0.0150. The van der Waals surface area contributed by atoms with E-state index in [0.717, 1.165) is 5.39 Å². The summed E-state index contributed by atoms with van der Waals surface area (Å²) >= 11 is 0. The molecule has 1 heterocycles. The van der Waals surface area contributed by atoms with Crippen molar-refractivity contribution >= 4 is 16.9 Å². The lowest BCUT2D eigenvalue weighted by Gasteiger charge is -2.18. The largest absolute Gasteiger partial charge is 0.356 e. The molecule has 0 unspecified atom stereocenters. The molecule has 2 aromatic rings. The molecule has 98 valence electrons. The van der Waals surface area contributed by atoms with E-state index < -0.39 is 0 Å². The van der Waals surface area contributed by atoms with E-state index in [-0.39, 0.29) is 12.3 Å². The molecule has 0 aliphatic rings. The second-order valence-corrected chi connectivity index (χ2v) is 4.18. The van der Waals surface area contributed by atoms with Gasteiger partial charge in [0.15, 0.2) is 5.58 Å². The van der Waals surface area contributed by atoms with Crippen LogP contribution in [0.5, 0.6) is 0 Å². The van der Waals surface area contributed by atoms with E-state index in [0.29, 0.717) is 24.4 Å². The second kappa shape index (κ2) is 6.00. The van der Waals surface area contributed by atoms with Crippen molar-refractivity contribution < 1.29 is 9.32 Å². The summed E-state index contributed by atoms with van der Waals surface area (Å²) in [6.07, 6.45) is 3.61. The van der Waals surface area contributed by atoms with Crippen LogP contribution in [-0.4, -0.2) is 29.1 Å². The van der Waals surface area contributed by atoms with Crippen LogP contribution in [0.15, 0.2) is 54.1 Å². The third-order valence-electron chi connectivity index (χ3n) is 2.82. The molecule has 4 heteroatoms. The van der Waals surface area contributed by atoms with Gasteiger partial charge in [0.05, 0.1) is 6.42 Å². The van der Waals surface area contributed by atoms with E-state index in [4.69, 9.17) is 4.52 Å². The molecule has 1 amide bonds. The highest BCUT2D eigenvalue weighted by Gasteiger charge is 2.16. The Morgan fingerprint density at radius 1 is 1.26 bits per heavy atom. The molecule has 0 aliphatic carbocycles. The summed E-state index contributed by atoms with van der Waals surface area (Å²) in [5, 5.41) is 4.85. The third-order valence-corrected chi connectivity index (χ3v) is 2.82. The van der Waals surface area contributed by atoms with Crippen molar-refractivity contribution in [1.82, 2.24) is 10.1 Å². The van der Waals surface area contributed by atoms with Gasteiger partial charge in [-0.1, -0.05) is 29.4 Å². The minimum Gasteiger partial charge on any atom is -0.356 e. The zero-order valence-electron chi connectivity index (χ0n) is 10.7. The van der Waals surface area contributed by atoms with Gasteiger partial charge in [-0.05, 0) is 12.1 Å². The quantitative estimate of drug-likeness (QED) is 0.746. The number of aromatic nitrogens is 1.